The summed E-state index contributed by atoms with van der Waals surface area (Å²) in [6.45, 7) is 0. The molecule has 0 fully saturated rings. The molecule has 0 saturated carbocycles. The lowest BCUT2D eigenvalue weighted by atomic mass is 10.0. The number of benzene rings is 1. The van der Waals surface area contributed by atoms with Gasteiger partial charge in [0.2, 0.25) is 0 Å². The molecule has 1 aromatic carbocycles. The molecule has 0 saturated heterocycles. The SMILES string of the molecule is N[C@@H](CCC(F)(F)F)c1ccc(O)c(Br)c1. The van der Waals surface area contributed by atoms with Crippen LogP contribution in [0.2, 0.25) is 0 Å². The van der Waals surface area contributed by atoms with Crippen molar-refractivity contribution in [3.63, 3.8) is 0 Å². The van der Waals surface area contributed by atoms with Crippen molar-refractivity contribution in [3.05, 3.63) is 28.2 Å². The molecule has 3 N–H and O–H groups in total. The molecule has 1 atom stereocenters. The Kier molecular flexibility index (Phi) is 4.21. The summed E-state index contributed by atoms with van der Waals surface area (Å²) < 4.78 is 36.3. The number of hydrogen-bond acceptors (Lipinski definition) is 2. The third kappa shape index (κ3) is 4.02. The van der Waals surface area contributed by atoms with Crippen molar-refractivity contribution in [1.82, 2.24) is 0 Å². The minimum absolute atomic E-state index is 0.0340. The second kappa shape index (κ2) is 5.05. The Balaban J connectivity index is 2.66. The minimum atomic E-state index is -4.19. The predicted octanol–water partition coefficient (Wildman–Crippen LogP) is 3.50. The first kappa shape index (κ1) is 13.3. The van der Waals surface area contributed by atoms with Crippen molar-refractivity contribution in [2.45, 2.75) is 25.1 Å². The van der Waals surface area contributed by atoms with Gasteiger partial charge in [-0.2, -0.15) is 13.2 Å². The average molecular weight is 298 g/mol. The van der Waals surface area contributed by atoms with Gasteiger partial charge < -0.3 is 10.8 Å². The van der Waals surface area contributed by atoms with Crippen molar-refractivity contribution in [3.8, 4) is 5.75 Å². The van der Waals surface area contributed by atoms with E-state index in [1.807, 2.05) is 0 Å². The van der Waals surface area contributed by atoms with E-state index in [1.165, 1.54) is 18.2 Å². The topological polar surface area (TPSA) is 46.2 Å². The first-order chi connectivity index (χ1) is 7.29. The molecule has 0 amide bonds. The Morgan fingerprint density at radius 1 is 1.38 bits per heavy atom. The summed E-state index contributed by atoms with van der Waals surface area (Å²) in [6, 6.07) is 3.75. The lowest BCUT2D eigenvalue weighted by Crippen LogP contribution is -2.15. The highest BCUT2D eigenvalue weighted by Crippen LogP contribution is 2.30. The van der Waals surface area contributed by atoms with Gasteiger partial charge in [-0.15, -0.1) is 0 Å². The highest BCUT2D eigenvalue weighted by molar-refractivity contribution is 9.10. The Morgan fingerprint density at radius 2 is 2.00 bits per heavy atom. The monoisotopic (exact) mass is 297 g/mol. The van der Waals surface area contributed by atoms with Gasteiger partial charge in [0.15, 0.2) is 0 Å². The van der Waals surface area contributed by atoms with Crippen LogP contribution in [0.25, 0.3) is 0 Å². The van der Waals surface area contributed by atoms with E-state index in [2.05, 4.69) is 15.9 Å². The fourth-order valence-corrected chi connectivity index (χ4v) is 1.64. The molecule has 0 radical (unpaired) electrons. The Bertz CT molecular complexity index is 368. The molecule has 0 aliphatic carbocycles. The quantitative estimate of drug-likeness (QED) is 0.897. The molecule has 0 bridgehead atoms. The first-order valence-electron chi connectivity index (χ1n) is 4.60. The molecule has 0 aliphatic rings. The van der Waals surface area contributed by atoms with Crippen molar-refractivity contribution < 1.29 is 18.3 Å². The maximum atomic E-state index is 12.0. The molecule has 6 heteroatoms. The van der Waals surface area contributed by atoms with Crippen molar-refractivity contribution in [2.75, 3.05) is 0 Å². The molecule has 0 spiro atoms. The van der Waals surface area contributed by atoms with Crippen LogP contribution in [0.1, 0.15) is 24.4 Å². The zero-order chi connectivity index (χ0) is 12.3. The minimum Gasteiger partial charge on any atom is -0.507 e. The molecular formula is C10H11BrF3NO. The average Bonchev–Trinajstić information content (AvgIpc) is 2.17. The molecule has 1 rings (SSSR count). The summed E-state index contributed by atoms with van der Waals surface area (Å²) in [5.74, 6) is 0.0340. The van der Waals surface area contributed by atoms with Gasteiger partial charge in [0.25, 0.3) is 0 Å². The van der Waals surface area contributed by atoms with E-state index in [0.29, 0.717) is 10.0 Å². The highest BCUT2D eigenvalue weighted by Gasteiger charge is 2.27. The summed E-state index contributed by atoms with van der Waals surface area (Å²) in [5.41, 5.74) is 6.18. The Morgan fingerprint density at radius 3 is 2.50 bits per heavy atom. The third-order valence-corrected chi connectivity index (χ3v) is 2.77. The van der Waals surface area contributed by atoms with Gasteiger partial charge >= 0.3 is 6.18 Å². The van der Waals surface area contributed by atoms with Gasteiger partial charge in [0.05, 0.1) is 4.47 Å². The number of phenols is 1. The smallest absolute Gasteiger partial charge is 0.389 e. The molecule has 0 aliphatic heterocycles. The van der Waals surface area contributed by atoms with Crippen LogP contribution in [-0.4, -0.2) is 11.3 Å². The zero-order valence-corrected chi connectivity index (χ0v) is 9.85. The number of alkyl halides is 3. The van der Waals surface area contributed by atoms with Gasteiger partial charge in [-0.05, 0) is 40.0 Å². The number of rotatable bonds is 3. The van der Waals surface area contributed by atoms with Crippen molar-refractivity contribution >= 4 is 15.9 Å². The van der Waals surface area contributed by atoms with Crippen LogP contribution < -0.4 is 5.73 Å². The van der Waals surface area contributed by atoms with Crippen LogP contribution in [0.5, 0.6) is 5.75 Å². The highest BCUT2D eigenvalue weighted by atomic mass is 79.9. The number of halogens is 4. The van der Waals surface area contributed by atoms with E-state index in [0.717, 1.165) is 0 Å². The van der Waals surface area contributed by atoms with Gasteiger partial charge in [0, 0.05) is 12.5 Å². The molecule has 0 heterocycles. The molecule has 0 unspecified atom stereocenters. The first-order valence-corrected chi connectivity index (χ1v) is 5.39. The number of aromatic hydroxyl groups is 1. The molecule has 0 aromatic heterocycles. The molecule has 16 heavy (non-hydrogen) atoms. The fraction of sp³-hybridized carbons (Fsp3) is 0.400. The van der Waals surface area contributed by atoms with Crippen molar-refractivity contribution in [2.24, 2.45) is 5.73 Å². The predicted molar refractivity (Wildman–Crippen MR) is 58.0 cm³/mol. The third-order valence-electron chi connectivity index (χ3n) is 2.14. The summed E-state index contributed by atoms with van der Waals surface area (Å²) in [5, 5.41) is 9.22. The van der Waals surface area contributed by atoms with Crippen LogP contribution in [0.15, 0.2) is 22.7 Å². The Hall–Kier alpha value is -0.750. The van der Waals surface area contributed by atoms with E-state index < -0.39 is 18.6 Å². The fourth-order valence-electron chi connectivity index (χ4n) is 1.24. The Labute approximate surface area is 99.4 Å². The van der Waals surface area contributed by atoms with E-state index >= 15 is 0 Å². The summed E-state index contributed by atoms with van der Waals surface area (Å²) in [6.07, 6.45) is -5.26. The maximum Gasteiger partial charge on any atom is 0.389 e. The molecule has 1 aromatic rings. The van der Waals surface area contributed by atoms with Crippen LogP contribution in [-0.2, 0) is 0 Å². The summed E-state index contributed by atoms with van der Waals surface area (Å²) >= 11 is 3.08. The molecular weight excluding hydrogens is 287 g/mol. The van der Waals surface area contributed by atoms with E-state index in [9.17, 15) is 18.3 Å². The molecule has 90 valence electrons. The van der Waals surface area contributed by atoms with E-state index in [-0.39, 0.29) is 12.2 Å². The second-order valence-electron chi connectivity index (χ2n) is 3.47. The molecule has 2 nitrogen and oxygen atoms in total. The number of phenolic OH excluding ortho intramolecular Hbond substituents is 1. The van der Waals surface area contributed by atoms with Crippen LogP contribution >= 0.6 is 15.9 Å². The maximum absolute atomic E-state index is 12.0. The van der Waals surface area contributed by atoms with Crippen molar-refractivity contribution in [1.29, 1.82) is 0 Å². The summed E-state index contributed by atoms with van der Waals surface area (Å²) in [4.78, 5) is 0. The van der Waals surface area contributed by atoms with Gasteiger partial charge in [-0.1, -0.05) is 6.07 Å². The normalized spacial score (nSPS) is 13.8. The van der Waals surface area contributed by atoms with E-state index in [1.54, 1.807) is 0 Å². The van der Waals surface area contributed by atoms with Gasteiger partial charge in [-0.3, -0.25) is 0 Å². The lowest BCUT2D eigenvalue weighted by molar-refractivity contribution is -0.136. The van der Waals surface area contributed by atoms with Crippen LogP contribution in [0.3, 0.4) is 0 Å². The largest absolute Gasteiger partial charge is 0.507 e. The zero-order valence-electron chi connectivity index (χ0n) is 8.26. The van der Waals surface area contributed by atoms with Gasteiger partial charge in [0.1, 0.15) is 5.75 Å². The number of nitrogens with two attached hydrogens (primary N) is 1. The van der Waals surface area contributed by atoms with E-state index in [4.69, 9.17) is 5.73 Å². The van der Waals surface area contributed by atoms with Crippen LogP contribution in [0.4, 0.5) is 13.2 Å². The lowest BCUT2D eigenvalue weighted by Gasteiger charge is -2.14. The van der Waals surface area contributed by atoms with Crippen LogP contribution in [0, 0.1) is 0 Å². The number of hydrogen-bond donors (Lipinski definition) is 2. The van der Waals surface area contributed by atoms with Gasteiger partial charge in [-0.25, -0.2) is 0 Å². The standard InChI is InChI=1S/C10H11BrF3NO/c11-7-5-6(1-2-9(7)16)8(15)3-4-10(12,13)14/h1-2,5,8,16H,3-4,15H2/t8-/m0/s1. The summed E-state index contributed by atoms with van der Waals surface area (Å²) in [7, 11) is 0. The second-order valence-corrected chi connectivity index (χ2v) is 4.33.